The molecule has 1 saturated carbocycles. The number of hydrogen-bond donors (Lipinski definition) is 2. The van der Waals surface area contributed by atoms with Crippen molar-refractivity contribution in [3.63, 3.8) is 0 Å². The third-order valence-electron chi connectivity index (χ3n) is 3.82. The fraction of sp³-hybridized carbons (Fsp3) is 0.571. The highest BCUT2D eigenvalue weighted by Crippen LogP contribution is 2.34. The Morgan fingerprint density at radius 2 is 1.94 bits per heavy atom. The van der Waals surface area contributed by atoms with Gasteiger partial charge in [0.15, 0.2) is 0 Å². The SMILES string of the molecule is N[C@@H](c1cc(Br)ccc1Cl)[C@H](O)C1CCCCC1. The Bertz CT molecular complexity index is 407. The van der Waals surface area contributed by atoms with E-state index < -0.39 is 12.1 Å². The van der Waals surface area contributed by atoms with Crippen LogP contribution in [0.4, 0.5) is 0 Å². The first kappa shape index (κ1) is 14.3. The van der Waals surface area contributed by atoms with Crippen LogP contribution in [-0.4, -0.2) is 11.2 Å². The Balaban J connectivity index is 2.13. The number of hydrogen-bond acceptors (Lipinski definition) is 2. The van der Waals surface area contributed by atoms with E-state index in [1.54, 1.807) is 0 Å². The maximum absolute atomic E-state index is 10.4. The van der Waals surface area contributed by atoms with Crippen LogP contribution < -0.4 is 5.73 Å². The minimum absolute atomic E-state index is 0.309. The zero-order chi connectivity index (χ0) is 13.1. The Hall–Kier alpha value is -0.0900. The molecule has 1 fully saturated rings. The molecular weight excluding hydrogens is 314 g/mol. The number of halogens is 2. The van der Waals surface area contributed by atoms with Crippen LogP contribution in [0.2, 0.25) is 5.02 Å². The molecule has 18 heavy (non-hydrogen) atoms. The molecule has 1 aliphatic rings. The maximum atomic E-state index is 10.4. The molecule has 0 saturated heterocycles. The molecule has 1 aromatic carbocycles. The van der Waals surface area contributed by atoms with Crippen molar-refractivity contribution in [1.29, 1.82) is 0 Å². The summed E-state index contributed by atoms with van der Waals surface area (Å²) in [5.41, 5.74) is 7.01. The minimum Gasteiger partial charge on any atom is -0.391 e. The Labute approximate surface area is 122 Å². The van der Waals surface area contributed by atoms with Gasteiger partial charge in [-0.25, -0.2) is 0 Å². The largest absolute Gasteiger partial charge is 0.391 e. The fourth-order valence-electron chi connectivity index (χ4n) is 2.72. The summed E-state index contributed by atoms with van der Waals surface area (Å²) in [5.74, 6) is 0.309. The zero-order valence-corrected chi connectivity index (χ0v) is 12.6. The number of rotatable bonds is 3. The van der Waals surface area contributed by atoms with Crippen LogP contribution in [-0.2, 0) is 0 Å². The van der Waals surface area contributed by atoms with Crippen LogP contribution in [0.15, 0.2) is 22.7 Å². The first-order chi connectivity index (χ1) is 8.59. The molecule has 0 aromatic heterocycles. The van der Waals surface area contributed by atoms with Crippen LogP contribution in [0.1, 0.15) is 43.7 Å². The van der Waals surface area contributed by atoms with Gasteiger partial charge in [0, 0.05) is 9.50 Å². The quantitative estimate of drug-likeness (QED) is 0.877. The molecule has 2 rings (SSSR count). The number of aliphatic hydroxyl groups excluding tert-OH is 1. The van der Waals surface area contributed by atoms with Gasteiger partial charge in [-0.1, -0.05) is 46.8 Å². The smallest absolute Gasteiger partial charge is 0.0761 e. The predicted molar refractivity (Wildman–Crippen MR) is 78.7 cm³/mol. The Kier molecular flexibility index (Phi) is 5.07. The van der Waals surface area contributed by atoms with Gasteiger partial charge in [0.25, 0.3) is 0 Å². The monoisotopic (exact) mass is 331 g/mol. The summed E-state index contributed by atoms with van der Waals surface area (Å²) >= 11 is 9.58. The number of benzene rings is 1. The summed E-state index contributed by atoms with van der Waals surface area (Å²) in [6.45, 7) is 0. The lowest BCUT2D eigenvalue weighted by molar-refractivity contribution is 0.0618. The highest BCUT2D eigenvalue weighted by molar-refractivity contribution is 9.10. The molecule has 0 unspecified atom stereocenters. The van der Waals surface area contributed by atoms with Gasteiger partial charge in [0.1, 0.15) is 0 Å². The molecule has 1 aromatic rings. The van der Waals surface area contributed by atoms with Crippen molar-refractivity contribution in [3.8, 4) is 0 Å². The molecule has 0 radical (unpaired) electrons. The first-order valence-corrected chi connectivity index (χ1v) is 7.65. The van der Waals surface area contributed by atoms with Crippen molar-refractivity contribution in [2.75, 3.05) is 0 Å². The van der Waals surface area contributed by atoms with Crippen molar-refractivity contribution in [2.24, 2.45) is 11.7 Å². The second kappa shape index (κ2) is 6.38. The van der Waals surface area contributed by atoms with Gasteiger partial charge in [0.2, 0.25) is 0 Å². The second-order valence-corrected chi connectivity index (χ2v) is 6.40. The van der Waals surface area contributed by atoms with Gasteiger partial charge in [-0.05, 0) is 42.5 Å². The lowest BCUT2D eigenvalue weighted by atomic mass is 9.81. The summed E-state index contributed by atoms with van der Waals surface area (Å²) < 4.78 is 0.938. The summed E-state index contributed by atoms with van der Waals surface area (Å²) in [6, 6.07) is 5.19. The van der Waals surface area contributed by atoms with Gasteiger partial charge in [0.05, 0.1) is 12.1 Å². The van der Waals surface area contributed by atoms with E-state index in [2.05, 4.69) is 15.9 Å². The lowest BCUT2D eigenvalue weighted by Gasteiger charge is -2.31. The summed E-state index contributed by atoms with van der Waals surface area (Å²) in [4.78, 5) is 0. The topological polar surface area (TPSA) is 46.2 Å². The van der Waals surface area contributed by atoms with Crippen LogP contribution in [0.5, 0.6) is 0 Å². The van der Waals surface area contributed by atoms with Gasteiger partial charge in [-0.2, -0.15) is 0 Å². The molecule has 0 bridgehead atoms. The molecule has 4 heteroatoms. The van der Waals surface area contributed by atoms with Crippen molar-refractivity contribution in [1.82, 2.24) is 0 Å². The molecule has 2 nitrogen and oxygen atoms in total. The molecule has 2 atom stereocenters. The van der Waals surface area contributed by atoms with Crippen molar-refractivity contribution in [2.45, 2.75) is 44.2 Å². The maximum Gasteiger partial charge on any atom is 0.0761 e. The van der Waals surface area contributed by atoms with E-state index in [-0.39, 0.29) is 0 Å². The lowest BCUT2D eigenvalue weighted by Crippen LogP contribution is -2.34. The van der Waals surface area contributed by atoms with Gasteiger partial charge in [-0.3, -0.25) is 0 Å². The Morgan fingerprint density at radius 1 is 1.28 bits per heavy atom. The highest BCUT2D eigenvalue weighted by Gasteiger charge is 2.28. The summed E-state index contributed by atoms with van der Waals surface area (Å²) in [6.07, 6.45) is 5.30. The average Bonchev–Trinajstić information content (AvgIpc) is 2.41. The van der Waals surface area contributed by atoms with Gasteiger partial charge >= 0.3 is 0 Å². The number of aliphatic hydroxyl groups is 1. The molecule has 1 aliphatic carbocycles. The predicted octanol–water partition coefficient (Wildman–Crippen LogP) is 4.04. The average molecular weight is 333 g/mol. The summed E-state index contributed by atoms with van der Waals surface area (Å²) in [7, 11) is 0. The minimum atomic E-state index is -0.503. The third kappa shape index (κ3) is 3.27. The van der Waals surface area contributed by atoms with E-state index in [4.69, 9.17) is 17.3 Å². The van der Waals surface area contributed by atoms with E-state index >= 15 is 0 Å². The standard InChI is InChI=1S/C14H19BrClNO/c15-10-6-7-12(16)11(8-10)13(17)14(18)9-4-2-1-3-5-9/h6-9,13-14,18H,1-5,17H2/t13-,14+/m0/s1. The van der Waals surface area contributed by atoms with E-state index in [9.17, 15) is 5.11 Å². The van der Waals surface area contributed by atoms with Gasteiger partial charge in [-0.15, -0.1) is 0 Å². The molecule has 0 heterocycles. The van der Waals surface area contributed by atoms with E-state index in [1.165, 1.54) is 19.3 Å². The van der Waals surface area contributed by atoms with Crippen molar-refractivity contribution in [3.05, 3.63) is 33.3 Å². The Morgan fingerprint density at radius 3 is 2.61 bits per heavy atom. The molecule has 0 aliphatic heterocycles. The van der Waals surface area contributed by atoms with Crippen LogP contribution >= 0.6 is 27.5 Å². The third-order valence-corrected chi connectivity index (χ3v) is 4.66. The fourth-order valence-corrected chi connectivity index (χ4v) is 3.35. The second-order valence-electron chi connectivity index (χ2n) is 5.08. The van der Waals surface area contributed by atoms with Crippen molar-refractivity contribution >= 4 is 27.5 Å². The molecular formula is C14H19BrClNO. The van der Waals surface area contributed by atoms with E-state index in [0.29, 0.717) is 10.9 Å². The highest BCUT2D eigenvalue weighted by atomic mass is 79.9. The van der Waals surface area contributed by atoms with E-state index in [1.807, 2.05) is 18.2 Å². The van der Waals surface area contributed by atoms with Crippen LogP contribution in [0, 0.1) is 5.92 Å². The van der Waals surface area contributed by atoms with Crippen molar-refractivity contribution < 1.29 is 5.11 Å². The van der Waals surface area contributed by atoms with E-state index in [0.717, 1.165) is 22.9 Å². The van der Waals surface area contributed by atoms with Crippen LogP contribution in [0.3, 0.4) is 0 Å². The first-order valence-electron chi connectivity index (χ1n) is 6.48. The van der Waals surface area contributed by atoms with Crippen LogP contribution in [0.25, 0.3) is 0 Å². The molecule has 0 spiro atoms. The molecule has 3 N–H and O–H groups in total. The molecule has 100 valence electrons. The molecule has 0 amide bonds. The summed E-state index contributed by atoms with van der Waals surface area (Å²) in [5, 5.41) is 11.0. The number of nitrogens with two attached hydrogens (primary N) is 1. The van der Waals surface area contributed by atoms with Gasteiger partial charge < -0.3 is 10.8 Å². The zero-order valence-electron chi connectivity index (χ0n) is 10.3. The normalized spacial score (nSPS) is 20.7.